The number of amides is 1. The second-order valence-electron chi connectivity index (χ2n) is 7.62. The first-order valence-electron chi connectivity index (χ1n) is 9.89. The fourth-order valence-electron chi connectivity index (χ4n) is 4.02. The second-order valence-corrected chi connectivity index (χ2v) is 8.56. The van der Waals surface area contributed by atoms with E-state index in [4.69, 9.17) is 9.26 Å². The Morgan fingerprint density at radius 2 is 1.97 bits per heavy atom. The van der Waals surface area contributed by atoms with Crippen molar-refractivity contribution in [2.24, 2.45) is 0 Å². The molecule has 0 spiro atoms. The van der Waals surface area contributed by atoms with E-state index in [-0.39, 0.29) is 5.91 Å². The van der Waals surface area contributed by atoms with Gasteiger partial charge in [-0.1, -0.05) is 17.3 Å². The average molecular weight is 410 g/mol. The minimum Gasteiger partial charge on any atom is -0.497 e. The number of anilines is 1. The molecule has 5 rings (SSSR count). The summed E-state index contributed by atoms with van der Waals surface area (Å²) < 4.78 is 10.9. The number of carbonyl (C=O) groups is 1. The second kappa shape index (κ2) is 7.22. The van der Waals surface area contributed by atoms with Crippen molar-refractivity contribution in [1.82, 2.24) is 10.1 Å². The lowest BCUT2D eigenvalue weighted by atomic mass is 9.99. The zero-order valence-electron chi connectivity index (χ0n) is 16.3. The molecule has 1 saturated heterocycles. The van der Waals surface area contributed by atoms with Gasteiger partial charge >= 0.3 is 0 Å². The number of thiophene rings is 1. The molecule has 2 aromatic heterocycles. The van der Waals surface area contributed by atoms with Gasteiger partial charge in [0.05, 0.1) is 23.1 Å². The van der Waals surface area contributed by atoms with E-state index in [2.05, 4.69) is 16.1 Å². The van der Waals surface area contributed by atoms with Gasteiger partial charge in [-0.2, -0.15) is 0 Å². The van der Waals surface area contributed by atoms with E-state index in [0.29, 0.717) is 13.1 Å². The first-order chi connectivity index (χ1) is 14.2. The molecule has 3 heterocycles. The van der Waals surface area contributed by atoms with Crippen molar-refractivity contribution in [1.29, 1.82) is 0 Å². The van der Waals surface area contributed by atoms with Crippen LogP contribution in [0.25, 0.3) is 10.6 Å². The molecule has 1 aliphatic heterocycles. The molecule has 1 aliphatic carbocycles. The number of benzene rings is 1. The Labute approximate surface area is 173 Å². The molecule has 0 unspecified atom stereocenters. The average Bonchev–Trinajstić information content (AvgIpc) is 3.18. The highest BCUT2D eigenvalue weighted by molar-refractivity contribution is 7.13. The van der Waals surface area contributed by atoms with Gasteiger partial charge in [-0.25, -0.2) is 0 Å². The van der Waals surface area contributed by atoms with Crippen LogP contribution in [-0.2, 0) is 10.2 Å². The highest BCUT2D eigenvalue weighted by atomic mass is 32.1. The van der Waals surface area contributed by atoms with E-state index in [0.717, 1.165) is 53.7 Å². The molecule has 1 amide bonds. The van der Waals surface area contributed by atoms with Gasteiger partial charge in [0.2, 0.25) is 5.91 Å². The molecular weight excluding hydrogens is 386 g/mol. The number of methoxy groups -OCH3 is 1. The SMILES string of the molecule is COc1cccc(N2CCN(C(=O)C3(c4cc(-c5cccs5)on4)CC3)CC2)c1. The lowest BCUT2D eigenvalue weighted by Gasteiger charge is -2.37. The summed E-state index contributed by atoms with van der Waals surface area (Å²) in [6, 6.07) is 14.0. The minimum absolute atomic E-state index is 0.189. The standard InChI is InChI=1S/C22H23N3O3S/c1-27-17-5-2-4-16(14-17)24-9-11-25(12-10-24)21(26)22(7-8-22)20-15-18(28-23-20)19-6-3-13-29-19/h2-6,13-15H,7-12H2,1H3. The van der Waals surface area contributed by atoms with Crippen LogP contribution in [0, 0.1) is 0 Å². The Balaban J connectivity index is 1.27. The molecule has 1 aromatic carbocycles. The van der Waals surface area contributed by atoms with Gasteiger partial charge in [-0.15, -0.1) is 11.3 Å². The van der Waals surface area contributed by atoms with Gasteiger partial charge < -0.3 is 19.1 Å². The minimum atomic E-state index is -0.489. The van der Waals surface area contributed by atoms with Gasteiger partial charge in [0.15, 0.2) is 5.76 Å². The number of hydrogen-bond donors (Lipinski definition) is 0. The van der Waals surface area contributed by atoms with E-state index in [1.165, 1.54) is 0 Å². The lowest BCUT2D eigenvalue weighted by Crippen LogP contribution is -2.51. The summed E-state index contributed by atoms with van der Waals surface area (Å²) in [6.45, 7) is 3.06. The Hall–Kier alpha value is -2.80. The van der Waals surface area contributed by atoms with Crippen LogP contribution in [0.15, 0.2) is 52.4 Å². The van der Waals surface area contributed by atoms with E-state index < -0.39 is 5.41 Å². The molecule has 1 saturated carbocycles. The molecule has 6 nitrogen and oxygen atoms in total. The summed E-state index contributed by atoms with van der Waals surface area (Å²) in [5.41, 5.74) is 1.42. The van der Waals surface area contributed by atoms with Crippen LogP contribution in [-0.4, -0.2) is 49.3 Å². The van der Waals surface area contributed by atoms with Crippen molar-refractivity contribution in [3.05, 3.63) is 53.5 Å². The van der Waals surface area contributed by atoms with Crippen LogP contribution in [0.2, 0.25) is 0 Å². The largest absolute Gasteiger partial charge is 0.497 e. The van der Waals surface area contributed by atoms with Crippen LogP contribution in [0.5, 0.6) is 5.75 Å². The van der Waals surface area contributed by atoms with E-state index in [1.54, 1.807) is 18.4 Å². The summed E-state index contributed by atoms with van der Waals surface area (Å²) in [7, 11) is 1.68. The lowest BCUT2D eigenvalue weighted by molar-refractivity contribution is -0.134. The van der Waals surface area contributed by atoms with Gasteiger partial charge in [-0.05, 0) is 36.4 Å². The van der Waals surface area contributed by atoms with Crippen molar-refractivity contribution >= 4 is 22.9 Å². The van der Waals surface area contributed by atoms with E-state index in [9.17, 15) is 4.79 Å². The van der Waals surface area contributed by atoms with Crippen molar-refractivity contribution in [3.8, 4) is 16.4 Å². The summed E-state index contributed by atoms with van der Waals surface area (Å²) in [5, 5.41) is 6.28. The smallest absolute Gasteiger partial charge is 0.235 e. The maximum Gasteiger partial charge on any atom is 0.235 e. The maximum absolute atomic E-state index is 13.3. The number of piperazine rings is 1. The third kappa shape index (κ3) is 3.29. The topological polar surface area (TPSA) is 58.8 Å². The summed E-state index contributed by atoms with van der Waals surface area (Å²) in [4.78, 5) is 18.7. The molecular formula is C22H23N3O3S. The van der Waals surface area contributed by atoms with Gasteiger partial charge in [0.25, 0.3) is 0 Å². The molecule has 0 radical (unpaired) electrons. The molecule has 7 heteroatoms. The van der Waals surface area contributed by atoms with Crippen LogP contribution >= 0.6 is 11.3 Å². The summed E-state index contributed by atoms with van der Waals surface area (Å²) in [5.74, 6) is 1.79. The number of nitrogens with zero attached hydrogens (tertiary/aromatic N) is 3. The molecule has 0 bridgehead atoms. The third-order valence-corrected chi connectivity index (χ3v) is 6.79. The first-order valence-corrected chi connectivity index (χ1v) is 10.8. The summed E-state index contributed by atoms with van der Waals surface area (Å²) >= 11 is 1.61. The molecule has 2 aliphatic rings. The number of ether oxygens (including phenoxy) is 1. The molecule has 3 aromatic rings. The summed E-state index contributed by atoms with van der Waals surface area (Å²) in [6.07, 6.45) is 1.69. The Morgan fingerprint density at radius 1 is 1.14 bits per heavy atom. The third-order valence-electron chi connectivity index (χ3n) is 5.91. The van der Waals surface area contributed by atoms with Crippen LogP contribution < -0.4 is 9.64 Å². The monoisotopic (exact) mass is 409 g/mol. The Bertz CT molecular complexity index is 1000. The Kier molecular flexibility index (Phi) is 4.54. The zero-order chi connectivity index (χ0) is 19.8. The zero-order valence-corrected chi connectivity index (χ0v) is 17.2. The molecule has 0 atom stereocenters. The van der Waals surface area contributed by atoms with Gasteiger partial charge in [-0.3, -0.25) is 4.79 Å². The highest BCUT2D eigenvalue weighted by Gasteiger charge is 2.55. The normalized spacial score (nSPS) is 18.0. The van der Waals surface area contributed by atoms with Crippen molar-refractivity contribution < 1.29 is 14.1 Å². The number of carbonyl (C=O) groups excluding carboxylic acids is 1. The van der Waals surface area contributed by atoms with Crippen LogP contribution in [0.1, 0.15) is 18.5 Å². The molecule has 29 heavy (non-hydrogen) atoms. The molecule has 2 fully saturated rings. The highest BCUT2D eigenvalue weighted by Crippen LogP contribution is 2.50. The van der Waals surface area contributed by atoms with Crippen molar-refractivity contribution in [2.45, 2.75) is 18.3 Å². The number of aromatic nitrogens is 1. The molecule has 0 N–H and O–H groups in total. The molecule has 150 valence electrons. The van der Waals surface area contributed by atoms with Gasteiger partial charge in [0.1, 0.15) is 5.75 Å². The van der Waals surface area contributed by atoms with Crippen LogP contribution in [0.3, 0.4) is 0 Å². The van der Waals surface area contributed by atoms with E-state index in [1.807, 2.05) is 46.7 Å². The quantitative estimate of drug-likeness (QED) is 0.642. The van der Waals surface area contributed by atoms with Crippen molar-refractivity contribution in [2.75, 3.05) is 38.2 Å². The Morgan fingerprint density at radius 3 is 2.66 bits per heavy atom. The maximum atomic E-state index is 13.3. The number of hydrogen-bond acceptors (Lipinski definition) is 6. The van der Waals surface area contributed by atoms with Crippen molar-refractivity contribution in [3.63, 3.8) is 0 Å². The first kappa shape index (κ1) is 18.2. The number of rotatable bonds is 5. The predicted molar refractivity (Wildman–Crippen MR) is 113 cm³/mol. The fraction of sp³-hybridized carbons (Fsp3) is 0.364. The fourth-order valence-corrected chi connectivity index (χ4v) is 4.69. The predicted octanol–water partition coefficient (Wildman–Crippen LogP) is 3.79. The van der Waals surface area contributed by atoms with E-state index >= 15 is 0 Å². The van der Waals surface area contributed by atoms with Gasteiger partial charge in [0, 0.05) is 44.0 Å². The van der Waals surface area contributed by atoms with Crippen LogP contribution in [0.4, 0.5) is 5.69 Å².